The van der Waals surface area contributed by atoms with E-state index in [9.17, 15) is 22.8 Å². The predicted octanol–water partition coefficient (Wildman–Crippen LogP) is 3.68. The second-order valence-electron chi connectivity index (χ2n) is 4.61. The van der Waals surface area contributed by atoms with Crippen molar-refractivity contribution in [2.24, 2.45) is 5.92 Å². The van der Waals surface area contributed by atoms with E-state index in [-0.39, 0.29) is 18.0 Å². The first kappa shape index (κ1) is 19.6. The average molecular weight is 371 g/mol. The van der Waals surface area contributed by atoms with E-state index in [2.05, 4.69) is 10.6 Å². The molecule has 0 heterocycles. The van der Waals surface area contributed by atoms with Crippen molar-refractivity contribution in [3.63, 3.8) is 0 Å². The summed E-state index contributed by atoms with van der Waals surface area (Å²) in [5.41, 5.74) is -1.17. The van der Waals surface area contributed by atoms with Crippen LogP contribution in [-0.4, -0.2) is 24.2 Å². The van der Waals surface area contributed by atoms with Crippen LogP contribution in [0, 0.1) is 5.92 Å². The Kier molecular flexibility index (Phi) is 7.15. The third-order valence-electron chi connectivity index (χ3n) is 2.92. The molecule has 9 heteroatoms. The number of hydrogen-bond donors (Lipinski definition) is 2. The number of halogens is 5. The topological polar surface area (TPSA) is 58.2 Å². The molecule has 0 aliphatic carbocycles. The van der Waals surface area contributed by atoms with Crippen LogP contribution in [0.1, 0.15) is 18.9 Å². The number of rotatable bonds is 6. The van der Waals surface area contributed by atoms with Gasteiger partial charge < -0.3 is 10.6 Å². The summed E-state index contributed by atoms with van der Waals surface area (Å²) in [5, 5.41) is 4.30. The zero-order valence-corrected chi connectivity index (χ0v) is 13.6. The molecular formula is C14H15Cl2F3N2O2. The van der Waals surface area contributed by atoms with E-state index in [1.807, 2.05) is 0 Å². The summed E-state index contributed by atoms with van der Waals surface area (Å²) in [4.78, 5) is 23.9. The number of hydrogen-bond acceptors (Lipinski definition) is 2. The molecule has 1 rings (SSSR count). The average Bonchev–Trinajstić information content (AvgIpc) is 2.45. The van der Waals surface area contributed by atoms with Crippen LogP contribution in [0.25, 0.3) is 0 Å². The molecule has 128 valence electrons. The third-order valence-corrected chi connectivity index (χ3v) is 3.47. The van der Waals surface area contributed by atoms with Gasteiger partial charge in [-0.1, -0.05) is 11.6 Å². The molecule has 1 aromatic carbocycles. The highest BCUT2D eigenvalue weighted by atomic mass is 35.5. The smallest absolute Gasteiger partial charge is 0.356 e. The van der Waals surface area contributed by atoms with Gasteiger partial charge in [-0.2, -0.15) is 13.2 Å². The van der Waals surface area contributed by atoms with Crippen molar-refractivity contribution < 1.29 is 22.8 Å². The molecule has 0 saturated heterocycles. The maximum Gasteiger partial charge on any atom is 0.417 e. The minimum Gasteiger partial charge on any atom is -0.356 e. The number of amides is 2. The van der Waals surface area contributed by atoms with Gasteiger partial charge >= 0.3 is 6.18 Å². The fraction of sp³-hybridized carbons (Fsp3) is 0.429. The molecule has 23 heavy (non-hydrogen) atoms. The Balaban J connectivity index is 2.97. The van der Waals surface area contributed by atoms with Crippen LogP contribution in [0.3, 0.4) is 0 Å². The number of alkyl halides is 4. The Morgan fingerprint density at radius 3 is 2.43 bits per heavy atom. The van der Waals surface area contributed by atoms with Gasteiger partial charge in [-0.25, -0.2) is 0 Å². The molecule has 2 N–H and O–H groups in total. The highest BCUT2D eigenvalue weighted by molar-refractivity contribution is 6.31. The van der Waals surface area contributed by atoms with Crippen molar-refractivity contribution in [3.8, 4) is 0 Å². The lowest BCUT2D eigenvalue weighted by atomic mass is 10.0. The molecule has 0 radical (unpaired) electrons. The molecule has 0 fully saturated rings. The van der Waals surface area contributed by atoms with Crippen molar-refractivity contribution in [2.75, 3.05) is 17.7 Å². The summed E-state index contributed by atoms with van der Waals surface area (Å²) in [6.45, 7) is 2.01. The number of carbonyl (C=O) groups excluding carboxylic acids is 2. The number of carbonyl (C=O) groups is 2. The summed E-state index contributed by atoms with van der Waals surface area (Å²) >= 11 is 11.1. The van der Waals surface area contributed by atoms with Crippen molar-refractivity contribution >= 4 is 40.7 Å². The van der Waals surface area contributed by atoms with Crippen LogP contribution in [-0.2, 0) is 15.8 Å². The zero-order valence-electron chi connectivity index (χ0n) is 12.1. The first-order chi connectivity index (χ1) is 10.7. The molecule has 0 aromatic heterocycles. The van der Waals surface area contributed by atoms with E-state index in [1.54, 1.807) is 6.92 Å². The fourth-order valence-corrected chi connectivity index (χ4v) is 2.28. The van der Waals surface area contributed by atoms with Crippen LogP contribution in [0.5, 0.6) is 0 Å². The van der Waals surface area contributed by atoms with Gasteiger partial charge in [-0.05, 0) is 31.5 Å². The second-order valence-corrected chi connectivity index (χ2v) is 5.39. The fourth-order valence-electron chi connectivity index (χ4n) is 1.84. The zero-order chi connectivity index (χ0) is 17.6. The van der Waals surface area contributed by atoms with Gasteiger partial charge in [0.2, 0.25) is 11.8 Å². The summed E-state index contributed by atoms with van der Waals surface area (Å²) < 4.78 is 38.4. The van der Waals surface area contributed by atoms with Gasteiger partial charge in [0.25, 0.3) is 0 Å². The van der Waals surface area contributed by atoms with Crippen molar-refractivity contribution in [2.45, 2.75) is 19.5 Å². The normalized spacial score (nSPS) is 12.6. The molecule has 1 atom stereocenters. The SMILES string of the molecule is CCNC(=O)C(CCCl)C(=O)Nc1ccc(Cl)c(C(F)(F)F)c1. The monoisotopic (exact) mass is 370 g/mol. The van der Waals surface area contributed by atoms with Crippen molar-refractivity contribution in [3.05, 3.63) is 28.8 Å². The van der Waals surface area contributed by atoms with Crippen LogP contribution < -0.4 is 10.6 Å². The van der Waals surface area contributed by atoms with Gasteiger partial charge in [0, 0.05) is 18.1 Å². The minimum absolute atomic E-state index is 0.0592. The lowest BCUT2D eigenvalue weighted by Crippen LogP contribution is -2.38. The lowest BCUT2D eigenvalue weighted by molar-refractivity contribution is -0.137. The summed E-state index contributed by atoms with van der Waals surface area (Å²) in [7, 11) is 0. The van der Waals surface area contributed by atoms with Crippen LogP contribution in [0.15, 0.2) is 18.2 Å². The van der Waals surface area contributed by atoms with E-state index in [1.165, 1.54) is 6.07 Å². The van der Waals surface area contributed by atoms with Gasteiger partial charge in [-0.15, -0.1) is 11.6 Å². The Labute approximate surface area is 141 Å². The maximum absolute atomic E-state index is 12.8. The Morgan fingerprint density at radius 2 is 1.91 bits per heavy atom. The lowest BCUT2D eigenvalue weighted by Gasteiger charge is -2.16. The van der Waals surface area contributed by atoms with Crippen molar-refractivity contribution in [1.29, 1.82) is 0 Å². The Hall–Kier alpha value is -1.47. The van der Waals surface area contributed by atoms with E-state index in [0.717, 1.165) is 12.1 Å². The highest BCUT2D eigenvalue weighted by Crippen LogP contribution is 2.36. The van der Waals surface area contributed by atoms with E-state index in [4.69, 9.17) is 23.2 Å². The molecule has 0 spiro atoms. The summed E-state index contributed by atoms with van der Waals surface area (Å²) in [6, 6.07) is 2.98. The molecule has 1 aromatic rings. The molecule has 4 nitrogen and oxygen atoms in total. The molecular weight excluding hydrogens is 356 g/mol. The van der Waals surface area contributed by atoms with Gasteiger partial charge in [-0.3, -0.25) is 9.59 Å². The van der Waals surface area contributed by atoms with Gasteiger partial charge in [0.1, 0.15) is 5.92 Å². The molecule has 0 saturated carbocycles. The molecule has 0 aliphatic rings. The van der Waals surface area contributed by atoms with Crippen molar-refractivity contribution in [1.82, 2.24) is 5.32 Å². The highest BCUT2D eigenvalue weighted by Gasteiger charge is 2.34. The standard InChI is InChI=1S/C14H15Cl2F3N2O2/c1-2-20-12(22)9(5-6-15)13(23)21-8-3-4-11(16)10(7-8)14(17,18)19/h3-4,7,9H,2,5-6H2,1H3,(H,20,22)(H,21,23). The van der Waals surface area contributed by atoms with Crippen LogP contribution in [0.2, 0.25) is 5.02 Å². The van der Waals surface area contributed by atoms with Gasteiger partial charge in [0.05, 0.1) is 10.6 Å². The molecule has 0 bridgehead atoms. The Morgan fingerprint density at radius 1 is 1.26 bits per heavy atom. The molecule has 1 unspecified atom stereocenters. The van der Waals surface area contributed by atoms with Gasteiger partial charge in [0.15, 0.2) is 0 Å². The second kappa shape index (κ2) is 8.40. The predicted molar refractivity (Wildman–Crippen MR) is 82.6 cm³/mol. The largest absolute Gasteiger partial charge is 0.417 e. The van der Waals surface area contributed by atoms with E-state index in [0.29, 0.717) is 6.54 Å². The van der Waals surface area contributed by atoms with Crippen LogP contribution >= 0.6 is 23.2 Å². The number of anilines is 1. The number of benzene rings is 1. The molecule has 0 aliphatic heterocycles. The summed E-state index contributed by atoms with van der Waals surface area (Å²) in [5.74, 6) is -2.29. The first-order valence-corrected chi connectivity index (χ1v) is 7.63. The summed E-state index contributed by atoms with van der Waals surface area (Å²) in [6.07, 6.45) is -4.58. The minimum atomic E-state index is -4.65. The van der Waals surface area contributed by atoms with E-state index < -0.39 is 34.5 Å². The first-order valence-electron chi connectivity index (χ1n) is 6.72. The van der Waals surface area contributed by atoms with Crippen LogP contribution in [0.4, 0.5) is 18.9 Å². The Bertz CT molecular complexity index is 580. The third kappa shape index (κ3) is 5.58. The molecule has 2 amide bonds. The quantitative estimate of drug-likeness (QED) is 0.592. The van der Waals surface area contributed by atoms with E-state index >= 15 is 0 Å². The number of nitrogens with one attached hydrogen (secondary N) is 2. The maximum atomic E-state index is 12.8.